The topological polar surface area (TPSA) is 171 Å². The van der Waals surface area contributed by atoms with Crippen LogP contribution in [0.15, 0.2) is 18.2 Å². The Morgan fingerprint density at radius 2 is 1.94 bits per heavy atom. The van der Waals surface area contributed by atoms with Crippen molar-refractivity contribution in [3.63, 3.8) is 0 Å². The number of hydrogen-bond acceptors (Lipinski definition) is 8. The van der Waals surface area contributed by atoms with Crippen LogP contribution < -0.4 is 16.4 Å². The summed E-state index contributed by atoms with van der Waals surface area (Å²) in [6.07, 6.45) is 2.03. The Labute approximate surface area is 208 Å². The highest BCUT2D eigenvalue weighted by molar-refractivity contribution is 6.44. The zero-order valence-corrected chi connectivity index (χ0v) is 20.2. The lowest BCUT2D eigenvalue weighted by Crippen LogP contribution is -2.57. The molecule has 1 saturated carbocycles. The largest absolute Gasteiger partial charge is 0.476 e. The van der Waals surface area contributed by atoms with Gasteiger partial charge in [0, 0.05) is 12.1 Å². The van der Waals surface area contributed by atoms with Crippen LogP contribution in [0, 0.1) is 5.92 Å². The van der Waals surface area contributed by atoms with Gasteiger partial charge < -0.3 is 36.1 Å². The second kappa shape index (κ2) is 11.7. The van der Waals surface area contributed by atoms with Crippen molar-refractivity contribution < 1.29 is 34.0 Å². The third kappa shape index (κ3) is 6.86. The molecule has 3 amide bonds. The summed E-state index contributed by atoms with van der Waals surface area (Å²) in [5.74, 6) is -3.49. The van der Waals surface area contributed by atoms with E-state index in [0.29, 0.717) is 25.1 Å². The van der Waals surface area contributed by atoms with Crippen LogP contribution in [0.5, 0.6) is 0 Å². The van der Waals surface area contributed by atoms with E-state index in [2.05, 4.69) is 10.6 Å². The van der Waals surface area contributed by atoms with E-state index in [1.807, 2.05) is 0 Å². The summed E-state index contributed by atoms with van der Waals surface area (Å²) in [6.45, 7) is 2.04. The summed E-state index contributed by atoms with van der Waals surface area (Å²) >= 11 is 6.01. The van der Waals surface area contributed by atoms with Crippen LogP contribution in [-0.4, -0.2) is 76.9 Å². The van der Waals surface area contributed by atoms with E-state index < -0.39 is 49.3 Å². The van der Waals surface area contributed by atoms with E-state index >= 15 is 0 Å². The van der Waals surface area contributed by atoms with Gasteiger partial charge in [0.1, 0.15) is 12.1 Å². The highest BCUT2D eigenvalue weighted by atomic mass is 35.5. The minimum absolute atomic E-state index is 0.0455. The molecule has 3 unspecified atom stereocenters. The third-order valence-electron chi connectivity index (χ3n) is 6.13. The molecule has 0 radical (unpaired) electrons. The number of carbonyl (C=O) groups is 4. The van der Waals surface area contributed by atoms with Crippen LogP contribution in [0.4, 0.5) is 5.69 Å². The fourth-order valence-electron chi connectivity index (χ4n) is 4.09. The second-order valence-electron chi connectivity index (χ2n) is 8.75. The average molecular weight is 509 g/mol. The van der Waals surface area contributed by atoms with Crippen molar-refractivity contribution in [3.8, 4) is 0 Å². The SMILES string of the molecule is CCOC(=O)CC(NC(=O)C1CCCN1C(=O)C(NC(=O)c1ccc(N)c(Cl)c1)C1CC1)B(O)O. The number of nitrogens with two attached hydrogens (primary N) is 1. The molecule has 3 atom stereocenters. The lowest BCUT2D eigenvalue weighted by atomic mass is 9.77. The Kier molecular flexibility index (Phi) is 8.98. The number of rotatable bonds is 10. The Balaban J connectivity index is 1.68. The van der Waals surface area contributed by atoms with Gasteiger partial charge in [-0.1, -0.05) is 11.6 Å². The molecule has 1 aromatic carbocycles. The molecule has 35 heavy (non-hydrogen) atoms. The number of nitrogens with zero attached hydrogens (tertiary/aromatic N) is 1. The number of halogens is 1. The normalized spacial score (nSPS) is 19.0. The van der Waals surface area contributed by atoms with Crippen LogP contribution in [0.3, 0.4) is 0 Å². The van der Waals surface area contributed by atoms with Crippen LogP contribution in [0.25, 0.3) is 0 Å². The zero-order chi connectivity index (χ0) is 25.7. The van der Waals surface area contributed by atoms with Crippen molar-refractivity contribution in [2.45, 2.75) is 57.1 Å². The fourth-order valence-corrected chi connectivity index (χ4v) is 4.28. The van der Waals surface area contributed by atoms with Crippen molar-refractivity contribution in [3.05, 3.63) is 28.8 Å². The molecule has 11 nitrogen and oxygen atoms in total. The predicted octanol–water partition coefficient (Wildman–Crippen LogP) is -0.128. The van der Waals surface area contributed by atoms with Gasteiger partial charge in [0.15, 0.2) is 0 Å². The number of hydrogen-bond donors (Lipinski definition) is 5. The molecule has 0 aromatic heterocycles. The van der Waals surface area contributed by atoms with Crippen LogP contribution >= 0.6 is 11.6 Å². The van der Waals surface area contributed by atoms with Gasteiger partial charge in [-0.25, -0.2) is 0 Å². The van der Waals surface area contributed by atoms with E-state index in [1.165, 1.54) is 23.1 Å². The molecular weight excluding hydrogens is 479 g/mol. The summed E-state index contributed by atoms with van der Waals surface area (Å²) in [4.78, 5) is 52.3. The number of likely N-dealkylation sites (tertiary alicyclic amines) is 1. The molecule has 0 bridgehead atoms. The predicted molar refractivity (Wildman–Crippen MR) is 128 cm³/mol. The third-order valence-corrected chi connectivity index (χ3v) is 6.45. The van der Waals surface area contributed by atoms with Crippen molar-refractivity contribution in [1.29, 1.82) is 0 Å². The van der Waals surface area contributed by atoms with Gasteiger partial charge in [0.2, 0.25) is 11.8 Å². The number of anilines is 1. The van der Waals surface area contributed by atoms with E-state index in [1.54, 1.807) is 6.92 Å². The Bertz CT molecular complexity index is 975. The van der Waals surface area contributed by atoms with Gasteiger partial charge in [-0.2, -0.15) is 0 Å². The summed E-state index contributed by atoms with van der Waals surface area (Å²) in [7, 11) is -1.99. The van der Waals surface area contributed by atoms with Crippen LogP contribution in [0.1, 0.15) is 49.4 Å². The number of carbonyl (C=O) groups excluding carboxylic acids is 4. The van der Waals surface area contributed by atoms with E-state index in [0.717, 1.165) is 12.8 Å². The Hall–Kier alpha value is -2.83. The number of esters is 1. The van der Waals surface area contributed by atoms with E-state index in [4.69, 9.17) is 22.1 Å². The maximum Gasteiger partial charge on any atom is 0.476 e. The van der Waals surface area contributed by atoms with Crippen molar-refractivity contribution >= 4 is 48.1 Å². The van der Waals surface area contributed by atoms with E-state index in [-0.39, 0.29) is 29.0 Å². The summed E-state index contributed by atoms with van der Waals surface area (Å²) in [5, 5.41) is 24.6. The monoisotopic (exact) mass is 508 g/mol. The highest BCUT2D eigenvalue weighted by Crippen LogP contribution is 2.35. The first-order valence-electron chi connectivity index (χ1n) is 11.6. The molecular formula is C22H30BClN4O7. The molecule has 190 valence electrons. The molecule has 1 aliphatic carbocycles. The summed E-state index contributed by atoms with van der Waals surface area (Å²) in [5.41, 5.74) is 6.29. The van der Waals surface area contributed by atoms with Gasteiger partial charge in [0.25, 0.3) is 5.91 Å². The average Bonchev–Trinajstić information content (AvgIpc) is 3.53. The number of ether oxygens (including phenoxy) is 1. The number of nitrogens with one attached hydrogen (secondary N) is 2. The molecule has 13 heteroatoms. The summed E-state index contributed by atoms with van der Waals surface area (Å²) in [6, 6.07) is 2.77. The van der Waals surface area contributed by atoms with Crippen LogP contribution in [-0.2, 0) is 19.1 Å². The first-order valence-corrected chi connectivity index (χ1v) is 12.0. The second-order valence-corrected chi connectivity index (χ2v) is 9.16. The molecule has 1 aliphatic heterocycles. The first kappa shape index (κ1) is 26.8. The van der Waals surface area contributed by atoms with Crippen molar-refractivity contribution in [2.24, 2.45) is 5.92 Å². The number of nitrogen functional groups attached to an aromatic ring is 1. The lowest BCUT2D eigenvalue weighted by molar-refractivity contribution is -0.144. The standard InChI is InChI=1S/C22H30BClN4O7/c1-2-35-18(29)11-17(23(33)34)26-21(31)16-4-3-9-28(16)22(32)19(12-5-6-12)27-20(30)13-7-8-15(25)14(24)10-13/h7-8,10,12,16-17,19,33-34H,2-6,9,11,25H2,1H3,(H,26,31)(H,27,30). The van der Waals surface area contributed by atoms with Gasteiger partial charge in [0.05, 0.1) is 29.7 Å². The molecule has 2 aliphatic rings. The number of benzene rings is 1. The molecule has 0 spiro atoms. The summed E-state index contributed by atoms with van der Waals surface area (Å²) < 4.78 is 4.81. The van der Waals surface area contributed by atoms with E-state index in [9.17, 15) is 29.2 Å². The molecule has 2 fully saturated rings. The first-order chi connectivity index (χ1) is 16.6. The minimum atomic E-state index is -1.99. The van der Waals surface area contributed by atoms with Crippen LogP contribution in [0.2, 0.25) is 5.02 Å². The zero-order valence-electron chi connectivity index (χ0n) is 19.4. The highest BCUT2D eigenvalue weighted by Gasteiger charge is 2.44. The maximum atomic E-state index is 13.4. The Morgan fingerprint density at radius 3 is 2.54 bits per heavy atom. The smallest absolute Gasteiger partial charge is 0.466 e. The van der Waals surface area contributed by atoms with Gasteiger partial charge in [-0.05, 0) is 56.7 Å². The number of amides is 3. The van der Waals surface area contributed by atoms with Crippen molar-refractivity contribution in [1.82, 2.24) is 15.5 Å². The fraction of sp³-hybridized carbons (Fsp3) is 0.545. The molecule has 1 heterocycles. The maximum absolute atomic E-state index is 13.4. The van der Waals surface area contributed by atoms with Crippen molar-refractivity contribution in [2.75, 3.05) is 18.9 Å². The molecule has 3 rings (SSSR count). The Morgan fingerprint density at radius 1 is 1.23 bits per heavy atom. The molecule has 1 saturated heterocycles. The lowest BCUT2D eigenvalue weighted by Gasteiger charge is -2.30. The molecule has 1 aromatic rings. The molecule has 6 N–H and O–H groups in total. The van der Waals surface area contributed by atoms with Gasteiger partial charge >= 0.3 is 13.1 Å². The quantitative estimate of drug-likeness (QED) is 0.165. The van der Waals surface area contributed by atoms with Gasteiger partial charge in [-0.15, -0.1) is 0 Å². The van der Waals surface area contributed by atoms with Gasteiger partial charge in [-0.3, -0.25) is 19.2 Å². The minimum Gasteiger partial charge on any atom is -0.466 e.